The van der Waals surface area contributed by atoms with Gasteiger partial charge in [0.25, 0.3) is 0 Å². The van der Waals surface area contributed by atoms with Crippen LogP contribution in [-0.4, -0.2) is 109 Å². The summed E-state index contributed by atoms with van der Waals surface area (Å²) >= 11 is 0. The molecule has 296 valence electrons. The largest absolute Gasteiger partial charge is 0.343 e. The van der Waals surface area contributed by atoms with Gasteiger partial charge in [0.15, 0.2) is 0 Å². The summed E-state index contributed by atoms with van der Waals surface area (Å²) in [6.45, 7) is 10.2. The average Bonchev–Trinajstić information content (AvgIpc) is 3.16. The van der Waals surface area contributed by atoms with Crippen molar-refractivity contribution < 1.29 is 19.2 Å². The second-order valence-corrected chi connectivity index (χ2v) is 16.3. The van der Waals surface area contributed by atoms with Crippen molar-refractivity contribution in [2.75, 3.05) is 45.8 Å². The fourth-order valence-electron chi connectivity index (χ4n) is 8.37. The summed E-state index contributed by atoms with van der Waals surface area (Å²) in [6, 6.07) is 16.1. The summed E-state index contributed by atoms with van der Waals surface area (Å²) < 4.78 is 0. The van der Waals surface area contributed by atoms with E-state index in [1.807, 2.05) is 79.4 Å². The van der Waals surface area contributed by atoms with Gasteiger partial charge in [-0.15, -0.1) is 0 Å². The van der Waals surface area contributed by atoms with E-state index in [4.69, 9.17) is 11.5 Å². The molecule has 2 aliphatic heterocycles. The fourth-order valence-corrected chi connectivity index (χ4v) is 8.37. The molecule has 2 aromatic carbocycles. The predicted molar refractivity (Wildman–Crippen MR) is 212 cm³/mol. The Hall–Kier alpha value is -3.84. The minimum absolute atomic E-state index is 0.0653. The van der Waals surface area contributed by atoms with Crippen LogP contribution in [0.25, 0.3) is 0 Å². The summed E-state index contributed by atoms with van der Waals surface area (Å²) in [7, 11) is 0. The van der Waals surface area contributed by atoms with Crippen molar-refractivity contribution in [3.05, 3.63) is 71.8 Å². The minimum atomic E-state index is -0.968. The number of rotatable bonds is 18. The molecular formula is C42H64N8O4. The first kappa shape index (κ1) is 41.3. The number of unbranched alkanes of at least 4 members (excludes halogenated alkanes) is 1. The smallest absolute Gasteiger partial charge is 0.245 e. The molecule has 2 heterocycles. The molecule has 2 saturated heterocycles. The number of hydrogen-bond acceptors (Lipinski definition) is 8. The van der Waals surface area contributed by atoms with Crippen LogP contribution in [0.5, 0.6) is 0 Å². The molecule has 0 radical (unpaired) electrons. The number of carbonyl (C=O) groups is 4. The molecule has 4 atom stereocenters. The minimum Gasteiger partial charge on any atom is -0.343 e. The Morgan fingerprint density at radius 2 is 1.31 bits per heavy atom. The van der Waals surface area contributed by atoms with Crippen LogP contribution in [0, 0.1) is 11.3 Å². The first-order chi connectivity index (χ1) is 26.1. The summed E-state index contributed by atoms with van der Waals surface area (Å²) in [6.07, 6.45) is 7.20. The lowest BCUT2D eigenvalue weighted by atomic mass is 9.60. The van der Waals surface area contributed by atoms with Gasteiger partial charge in [0.05, 0.1) is 6.04 Å². The van der Waals surface area contributed by atoms with Gasteiger partial charge in [-0.3, -0.25) is 24.1 Å². The molecule has 0 aromatic heterocycles. The van der Waals surface area contributed by atoms with Crippen molar-refractivity contribution >= 4 is 23.6 Å². The van der Waals surface area contributed by atoms with E-state index in [1.54, 1.807) is 0 Å². The molecule has 12 nitrogen and oxygen atoms in total. The molecule has 2 aromatic rings. The number of benzene rings is 2. The van der Waals surface area contributed by atoms with Gasteiger partial charge in [-0.1, -0.05) is 74.5 Å². The van der Waals surface area contributed by atoms with Crippen molar-refractivity contribution in [3.8, 4) is 0 Å². The second kappa shape index (κ2) is 20.2. The first-order valence-corrected chi connectivity index (χ1v) is 20.2. The highest BCUT2D eigenvalue weighted by atomic mass is 16.2. The number of likely N-dealkylation sites (tertiary alicyclic amines) is 1. The summed E-state index contributed by atoms with van der Waals surface area (Å²) in [5.74, 6) is -1.33. The molecule has 1 aliphatic carbocycles. The molecule has 4 amide bonds. The lowest BCUT2D eigenvalue weighted by Gasteiger charge is -2.56. The molecule has 0 bridgehead atoms. The number of hydrogen-bond donors (Lipinski definition) is 6. The van der Waals surface area contributed by atoms with Gasteiger partial charge >= 0.3 is 0 Å². The average molecular weight is 745 g/mol. The van der Waals surface area contributed by atoms with Gasteiger partial charge in [-0.2, -0.15) is 0 Å². The van der Waals surface area contributed by atoms with Crippen LogP contribution in [0.3, 0.4) is 0 Å². The van der Waals surface area contributed by atoms with Crippen molar-refractivity contribution in [3.63, 3.8) is 0 Å². The van der Waals surface area contributed by atoms with Gasteiger partial charge < -0.3 is 37.6 Å². The van der Waals surface area contributed by atoms with Gasteiger partial charge in [-0.25, -0.2) is 0 Å². The molecule has 54 heavy (non-hydrogen) atoms. The van der Waals surface area contributed by atoms with E-state index in [0.717, 1.165) is 56.6 Å². The zero-order valence-corrected chi connectivity index (χ0v) is 32.4. The number of amides is 4. The Morgan fingerprint density at radius 3 is 1.91 bits per heavy atom. The van der Waals surface area contributed by atoms with Crippen LogP contribution in [-0.2, 0) is 32.0 Å². The maximum Gasteiger partial charge on any atom is 0.245 e. The topological polar surface area (TPSA) is 175 Å². The molecule has 8 N–H and O–H groups in total. The van der Waals surface area contributed by atoms with Gasteiger partial charge in [-0.05, 0) is 86.8 Å². The summed E-state index contributed by atoms with van der Waals surface area (Å²) in [4.78, 5) is 60.0. The van der Waals surface area contributed by atoms with E-state index >= 15 is 0 Å². The Kier molecular flexibility index (Phi) is 15.4. The van der Waals surface area contributed by atoms with Crippen LogP contribution in [0.2, 0.25) is 0 Å². The Balaban J connectivity index is 1.22. The maximum atomic E-state index is 14.1. The fraction of sp³-hybridized carbons (Fsp3) is 0.619. The van der Waals surface area contributed by atoms with Crippen molar-refractivity contribution in [2.24, 2.45) is 22.8 Å². The molecule has 12 heteroatoms. The van der Waals surface area contributed by atoms with E-state index in [9.17, 15) is 19.2 Å². The highest BCUT2D eigenvalue weighted by Gasteiger charge is 2.48. The number of nitrogens with two attached hydrogens (primary N) is 2. The predicted octanol–water partition coefficient (Wildman–Crippen LogP) is 2.11. The third-order valence-electron chi connectivity index (χ3n) is 11.6. The van der Waals surface area contributed by atoms with E-state index in [0.29, 0.717) is 56.8 Å². The normalized spacial score (nSPS) is 19.7. The molecule has 5 rings (SSSR count). The van der Waals surface area contributed by atoms with Crippen LogP contribution in [0.4, 0.5) is 0 Å². The van der Waals surface area contributed by atoms with E-state index < -0.39 is 41.9 Å². The molecule has 3 fully saturated rings. The monoisotopic (exact) mass is 745 g/mol. The van der Waals surface area contributed by atoms with Crippen LogP contribution in [0.1, 0.15) is 76.3 Å². The van der Waals surface area contributed by atoms with E-state index in [2.05, 4.69) is 26.2 Å². The highest BCUT2D eigenvalue weighted by Crippen LogP contribution is 2.51. The summed E-state index contributed by atoms with van der Waals surface area (Å²) in [5, 5.41) is 12.3. The van der Waals surface area contributed by atoms with Crippen LogP contribution in [0.15, 0.2) is 60.7 Å². The maximum absolute atomic E-state index is 14.1. The molecular weight excluding hydrogens is 681 g/mol. The van der Waals surface area contributed by atoms with E-state index in [1.165, 1.54) is 12.8 Å². The lowest BCUT2D eigenvalue weighted by molar-refractivity contribution is -0.141. The van der Waals surface area contributed by atoms with Crippen LogP contribution < -0.4 is 32.7 Å². The van der Waals surface area contributed by atoms with Crippen molar-refractivity contribution in [2.45, 2.75) is 108 Å². The van der Waals surface area contributed by atoms with Gasteiger partial charge in [0.2, 0.25) is 23.6 Å². The zero-order valence-electron chi connectivity index (χ0n) is 32.4. The summed E-state index contributed by atoms with van der Waals surface area (Å²) in [5.41, 5.74) is 14.2. The second-order valence-electron chi connectivity index (χ2n) is 16.3. The molecule has 3 aliphatic rings. The number of carbonyl (C=O) groups excluding carboxylic acids is 4. The number of nitrogens with one attached hydrogen (secondary N) is 4. The quantitative estimate of drug-likeness (QED) is 0.126. The third-order valence-corrected chi connectivity index (χ3v) is 11.6. The molecule has 1 unspecified atom stereocenters. The molecule has 1 saturated carbocycles. The SMILES string of the molecule is CC(C)CC(NC(=O)[C@@H](Cc1ccccc1)NC(=O)[C@H](N)Cc1ccccc1)C(=O)N[C@H](CCCCN)C(=O)N1CCC2(CC1)CC(N1CCNCC1)C2. The number of nitrogens with zero attached hydrogens (tertiary/aromatic N) is 2. The number of piperazine rings is 1. The standard InChI is InChI=1S/C42H64N8O4/c1-30(2)25-36(48-40(53)37(27-32-13-7-4-8-14-32)47-38(51)34(44)26-31-11-5-3-6-12-31)39(52)46-35(15-9-10-18-43)41(54)50-21-16-42(17-22-50)28-33(29-42)49-23-19-45-20-24-49/h3-8,11-14,30,33-37,45H,9-10,15-29,43-44H2,1-2H3,(H,46,52)(H,47,51)(H,48,53)/t34-,35-,36?,37-/m1/s1. The Labute approximate surface area is 321 Å². The van der Waals surface area contributed by atoms with Gasteiger partial charge in [0.1, 0.15) is 18.1 Å². The van der Waals surface area contributed by atoms with Crippen molar-refractivity contribution in [1.29, 1.82) is 0 Å². The lowest BCUT2D eigenvalue weighted by Crippen LogP contribution is -2.61. The first-order valence-electron chi connectivity index (χ1n) is 20.2. The highest BCUT2D eigenvalue weighted by molar-refractivity contribution is 5.95. The van der Waals surface area contributed by atoms with Crippen LogP contribution >= 0.6 is 0 Å². The Morgan fingerprint density at radius 1 is 0.759 bits per heavy atom. The third kappa shape index (κ3) is 11.8. The zero-order chi connectivity index (χ0) is 38.5. The molecule has 1 spiro atoms. The van der Waals surface area contributed by atoms with Crippen molar-refractivity contribution in [1.82, 2.24) is 31.1 Å². The Bertz CT molecular complexity index is 1490. The number of piperidine rings is 1. The van der Waals surface area contributed by atoms with E-state index in [-0.39, 0.29) is 18.2 Å². The van der Waals surface area contributed by atoms with Gasteiger partial charge in [0, 0.05) is 51.7 Å².